The summed E-state index contributed by atoms with van der Waals surface area (Å²) in [7, 11) is 0. The van der Waals surface area contributed by atoms with Crippen molar-refractivity contribution in [3.8, 4) is 5.75 Å². The van der Waals surface area contributed by atoms with E-state index in [0.29, 0.717) is 11.8 Å². The summed E-state index contributed by atoms with van der Waals surface area (Å²) < 4.78 is 6.80. The summed E-state index contributed by atoms with van der Waals surface area (Å²) in [4.78, 5) is 0. The molecule has 1 aromatic rings. The van der Waals surface area contributed by atoms with Gasteiger partial charge in [0.1, 0.15) is 0 Å². The molecule has 0 saturated carbocycles. The second-order valence-corrected chi connectivity index (χ2v) is 10.1. The Morgan fingerprint density at radius 2 is 1.19 bits per heavy atom. The Morgan fingerprint density at radius 3 is 1.54 bits per heavy atom. The second kappa shape index (κ2) is 9.83. The van der Waals surface area contributed by atoms with Crippen molar-refractivity contribution < 1.29 is 47.7 Å². The van der Waals surface area contributed by atoms with E-state index in [-0.39, 0.29) is 28.5 Å². The molecule has 0 bridgehead atoms. The molecule has 0 fully saturated rings. The topological polar surface area (TPSA) is 9.23 Å². The van der Waals surface area contributed by atoms with Crippen LogP contribution >= 0.6 is 0 Å². The maximum Gasteiger partial charge on any atom is -1.00 e. The van der Waals surface area contributed by atoms with Gasteiger partial charge in [-0.3, -0.25) is 0 Å². The van der Waals surface area contributed by atoms with E-state index in [4.69, 9.17) is 3.32 Å². The summed E-state index contributed by atoms with van der Waals surface area (Å²) in [6.45, 7) is 20.5. The van der Waals surface area contributed by atoms with Gasteiger partial charge in [0.05, 0.1) is 0 Å². The Kier molecular flexibility index (Phi) is 9.75. The average molecular weight is 431 g/mol. The molecular formula is C22H32Cl2OTi. The van der Waals surface area contributed by atoms with E-state index in [2.05, 4.69) is 80.5 Å². The first-order valence-electron chi connectivity index (χ1n) is 9.04. The molecule has 0 aliphatic heterocycles. The standard InChI is InChI=1S/C12H18O.C10H15.2ClH.Ti/c1-8(2)10-6-5-7-11(9(3)4)12(10)13;1-6-7(2)9(4)10(5)8(6)3;;;/h5-9,13H,1-4H3;1-5H3;2*1H;/q;;;;+3/p-3. The molecule has 0 spiro atoms. The third kappa shape index (κ3) is 4.61. The molecule has 0 heterocycles. The minimum absolute atomic E-state index is 0. The predicted molar refractivity (Wildman–Crippen MR) is 100 cm³/mol. The van der Waals surface area contributed by atoms with E-state index in [9.17, 15) is 0 Å². The molecule has 144 valence electrons. The number of hydrogen-bond donors (Lipinski definition) is 0. The van der Waals surface area contributed by atoms with Crippen LogP contribution in [-0.4, -0.2) is 0 Å². The van der Waals surface area contributed by atoms with Crippen molar-refractivity contribution in [2.45, 2.75) is 77.9 Å². The molecule has 0 unspecified atom stereocenters. The third-order valence-corrected chi connectivity index (χ3v) is 8.15. The minimum atomic E-state index is -0.638. The zero-order valence-electron chi connectivity index (χ0n) is 17.6. The number of allylic oxidation sites excluding steroid dienone is 4. The molecule has 0 saturated heterocycles. The number of hydrogen-bond acceptors (Lipinski definition) is 1. The van der Waals surface area contributed by atoms with Crippen LogP contribution in [-0.2, 0) is 19.5 Å². The maximum absolute atomic E-state index is 6.67. The van der Waals surface area contributed by atoms with Crippen LogP contribution in [0.4, 0.5) is 0 Å². The first-order chi connectivity index (χ1) is 11.1. The molecule has 0 amide bonds. The zero-order chi connectivity index (χ0) is 18.2. The van der Waals surface area contributed by atoms with Crippen LogP contribution in [0.1, 0.15) is 85.3 Å². The third-order valence-electron chi connectivity index (χ3n) is 5.86. The van der Waals surface area contributed by atoms with E-state index in [1.165, 1.54) is 33.4 Å². The Morgan fingerprint density at radius 1 is 0.808 bits per heavy atom. The van der Waals surface area contributed by atoms with Gasteiger partial charge in [-0.1, -0.05) is 0 Å². The van der Waals surface area contributed by atoms with Gasteiger partial charge in [0.15, 0.2) is 0 Å². The first kappa shape index (κ1) is 25.8. The molecule has 26 heavy (non-hydrogen) atoms. The minimum Gasteiger partial charge on any atom is -1.00 e. The smallest absolute Gasteiger partial charge is 1.00 e. The molecule has 2 rings (SSSR count). The van der Waals surface area contributed by atoms with Crippen LogP contribution in [0.25, 0.3) is 0 Å². The van der Waals surface area contributed by atoms with Gasteiger partial charge < -0.3 is 24.8 Å². The number of para-hydroxylation sites is 1. The molecule has 0 aromatic heterocycles. The summed E-state index contributed by atoms with van der Waals surface area (Å²) in [5.74, 6) is 2.13. The monoisotopic (exact) mass is 430 g/mol. The van der Waals surface area contributed by atoms with Crippen molar-refractivity contribution in [2.24, 2.45) is 0 Å². The van der Waals surface area contributed by atoms with E-state index in [0.717, 1.165) is 5.75 Å². The number of rotatable bonds is 5. The fraction of sp³-hybridized carbons (Fsp3) is 0.545. The van der Waals surface area contributed by atoms with Crippen LogP contribution in [0, 0.1) is 0 Å². The normalized spacial score (nSPS) is 15.8. The molecule has 4 heteroatoms. The Labute approximate surface area is 182 Å². The number of halogens is 2. The summed E-state index contributed by atoms with van der Waals surface area (Å²) in [5.41, 5.74) is 8.63. The zero-order valence-corrected chi connectivity index (χ0v) is 20.6. The Balaban J connectivity index is 0.00000312. The molecular weight excluding hydrogens is 399 g/mol. The molecule has 1 nitrogen and oxygen atoms in total. The van der Waals surface area contributed by atoms with Gasteiger partial charge in [-0.15, -0.1) is 0 Å². The van der Waals surface area contributed by atoms with Gasteiger partial charge in [0.25, 0.3) is 0 Å². The van der Waals surface area contributed by atoms with Crippen molar-refractivity contribution in [1.82, 2.24) is 0 Å². The fourth-order valence-electron chi connectivity index (χ4n) is 3.50. The van der Waals surface area contributed by atoms with Crippen LogP contribution < -0.4 is 28.1 Å². The second-order valence-electron chi connectivity index (χ2n) is 7.90. The van der Waals surface area contributed by atoms with E-state index in [1.54, 1.807) is 0 Å². The predicted octanol–water partition coefficient (Wildman–Crippen LogP) is 1.18. The molecule has 1 aromatic carbocycles. The Bertz CT molecular complexity index is 652. The van der Waals surface area contributed by atoms with Crippen LogP contribution in [0.2, 0.25) is 3.72 Å². The number of benzene rings is 1. The van der Waals surface area contributed by atoms with Gasteiger partial charge >= 0.3 is 158 Å². The summed E-state index contributed by atoms with van der Waals surface area (Å²) in [5, 5.41) is 0. The molecule has 0 atom stereocenters. The van der Waals surface area contributed by atoms with Gasteiger partial charge in [-0.25, -0.2) is 0 Å². The Hall–Kier alpha value is -0.206. The van der Waals surface area contributed by atoms with E-state index in [1.807, 2.05) is 0 Å². The average Bonchev–Trinajstić information content (AvgIpc) is 2.68. The van der Waals surface area contributed by atoms with E-state index >= 15 is 0 Å². The van der Waals surface area contributed by atoms with Gasteiger partial charge in [-0.05, 0) is 0 Å². The van der Waals surface area contributed by atoms with Crippen LogP contribution in [0.5, 0.6) is 5.75 Å². The van der Waals surface area contributed by atoms with Crippen molar-refractivity contribution in [1.29, 1.82) is 0 Å². The van der Waals surface area contributed by atoms with Gasteiger partial charge in [0, 0.05) is 0 Å². The molecule has 0 radical (unpaired) electrons. The summed E-state index contributed by atoms with van der Waals surface area (Å²) in [6, 6.07) is 6.65. The van der Waals surface area contributed by atoms with E-state index < -0.39 is 19.5 Å². The van der Waals surface area contributed by atoms with Crippen molar-refractivity contribution in [3.63, 3.8) is 0 Å². The van der Waals surface area contributed by atoms with Crippen molar-refractivity contribution in [2.75, 3.05) is 0 Å². The van der Waals surface area contributed by atoms with Crippen LogP contribution in [0.15, 0.2) is 40.5 Å². The quantitative estimate of drug-likeness (QED) is 0.637. The largest absolute Gasteiger partial charge is 1.00 e. The fourth-order valence-corrected chi connectivity index (χ4v) is 5.41. The van der Waals surface area contributed by atoms with Gasteiger partial charge in [-0.2, -0.15) is 0 Å². The molecule has 1 aliphatic rings. The van der Waals surface area contributed by atoms with Crippen molar-refractivity contribution in [3.05, 3.63) is 51.6 Å². The summed E-state index contributed by atoms with van der Waals surface area (Å²) in [6.07, 6.45) is 0. The maximum atomic E-state index is 6.67. The van der Waals surface area contributed by atoms with Crippen LogP contribution in [0.3, 0.4) is 0 Å². The first-order valence-corrected chi connectivity index (χ1v) is 10.5. The van der Waals surface area contributed by atoms with Crippen molar-refractivity contribution >= 4 is 0 Å². The summed E-state index contributed by atoms with van der Waals surface area (Å²) >= 11 is -0.638. The molecule has 1 aliphatic carbocycles. The van der Waals surface area contributed by atoms with Gasteiger partial charge in [0.2, 0.25) is 0 Å². The SMILES string of the molecule is CC1=C(C)[C](C)([Ti+2][O]c2c(C(C)C)cccc2C(C)C)C(C)=C1C.[Cl-].[Cl-]. The molecule has 0 N–H and O–H groups in total.